The van der Waals surface area contributed by atoms with Crippen molar-refractivity contribution in [3.63, 3.8) is 0 Å². The molecule has 146 valence electrons. The minimum Gasteiger partial charge on any atom is -0.466 e. The Bertz CT molecular complexity index is 962. The Hall–Kier alpha value is -2.22. The van der Waals surface area contributed by atoms with Crippen LogP contribution in [0.2, 0.25) is 0 Å². The van der Waals surface area contributed by atoms with Crippen LogP contribution in [-0.4, -0.2) is 20.1 Å². The largest absolute Gasteiger partial charge is 0.466 e. The van der Waals surface area contributed by atoms with Crippen LogP contribution in [0.25, 0.3) is 0 Å². The first-order valence-electron chi connectivity index (χ1n) is 8.52. The van der Waals surface area contributed by atoms with E-state index in [0.29, 0.717) is 0 Å². The van der Waals surface area contributed by atoms with E-state index in [0.717, 1.165) is 42.1 Å². The molecular formula is C19H21F2NO4S. The highest BCUT2D eigenvalue weighted by atomic mass is 32.2. The molecule has 1 aromatic heterocycles. The molecular weight excluding hydrogens is 376 g/mol. The number of carbonyl (C=O) groups excluding carboxylic acids is 1. The van der Waals surface area contributed by atoms with E-state index in [9.17, 15) is 22.0 Å². The zero-order valence-corrected chi connectivity index (χ0v) is 16.1. The average Bonchev–Trinajstić information content (AvgIpc) is 2.93. The number of aryl methyl sites for hydroxylation is 1. The summed E-state index contributed by atoms with van der Waals surface area (Å²) < 4.78 is 53.9. The number of alkyl halides is 2. The fourth-order valence-corrected chi connectivity index (χ4v) is 4.18. The standard InChI is InChI=1S/C19H21F2NO4S/c1-11-8-14-15(9-19(2,3)10-16(14)26-11)22-17(23)12-4-6-13(7-5-12)27(24,25)18(20)21/h4-8,15,18H,9-10H2,1-3H3,(H,22,23). The van der Waals surface area contributed by atoms with E-state index >= 15 is 0 Å². The summed E-state index contributed by atoms with van der Waals surface area (Å²) in [5.41, 5.74) is 1.09. The van der Waals surface area contributed by atoms with Gasteiger partial charge in [-0.25, -0.2) is 8.42 Å². The Labute approximate surface area is 156 Å². The van der Waals surface area contributed by atoms with E-state index in [4.69, 9.17) is 4.42 Å². The molecule has 3 rings (SSSR count). The summed E-state index contributed by atoms with van der Waals surface area (Å²) in [7, 11) is -4.68. The molecule has 1 aliphatic carbocycles. The molecule has 1 unspecified atom stereocenters. The number of benzene rings is 1. The Balaban J connectivity index is 1.81. The highest BCUT2D eigenvalue weighted by Gasteiger charge is 2.35. The first-order valence-corrected chi connectivity index (χ1v) is 10.1. The molecule has 0 spiro atoms. The lowest BCUT2D eigenvalue weighted by atomic mass is 9.74. The van der Waals surface area contributed by atoms with Crippen LogP contribution >= 0.6 is 0 Å². The van der Waals surface area contributed by atoms with Crippen molar-refractivity contribution in [1.29, 1.82) is 0 Å². The third-order valence-electron chi connectivity index (χ3n) is 4.72. The summed E-state index contributed by atoms with van der Waals surface area (Å²) in [6, 6.07) is 6.19. The first-order chi connectivity index (χ1) is 12.5. The summed E-state index contributed by atoms with van der Waals surface area (Å²) in [4.78, 5) is 12.1. The van der Waals surface area contributed by atoms with Gasteiger partial charge in [-0.3, -0.25) is 4.79 Å². The van der Waals surface area contributed by atoms with Crippen LogP contribution in [0.5, 0.6) is 0 Å². The summed E-state index contributed by atoms with van der Waals surface area (Å²) >= 11 is 0. The predicted octanol–water partition coefficient (Wildman–Crippen LogP) is 4.03. The number of hydrogen-bond acceptors (Lipinski definition) is 4. The van der Waals surface area contributed by atoms with Crippen molar-refractivity contribution >= 4 is 15.7 Å². The summed E-state index contributed by atoms with van der Waals surface area (Å²) in [6.45, 7) is 6.04. The summed E-state index contributed by atoms with van der Waals surface area (Å²) in [5, 5.41) is 2.94. The molecule has 1 heterocycles. The number of sulfone groups is 1. The number of fused-ring (bicyclic) bond motifs is 1. The number of rotatable bonds is 4. The van der Waals surface area contributed by atoms with Crippen molar-refractivity contribution < 1.29 is 26.4 Å². The highest BCUT2D eigenvalue weighted by Crippen LogP contribution is 2.42. The Morgan fingerprint density at radius 3 is 2.48 bits per heavy atom. The highest BCUT2D eigenvalue weighted by molar-refractivity contribution is 7.91. The van der Waals surface area contributed by atoms with E-state index in [2.05, 4.69) is 19.2 Å². The molecule has 0 radical (unpaired) electrons. The Morgan fingerprint density at radius 1 is 1.26 bits per heavy atom. The average molecular weight is 397 g/mol. The van der Waals surface area contributed by atoms with Gasteiger partial charge < -0.3 is 9.73 Å². The van der Waals surface area contributed by atoms with Crippen molar-refractivity contribution in [2.24, 2.45) is 5.41 Å². The zero-order valence-electron chi connectivity index (χ0n) is 15.3. The van der Waals surface area contributed by atoms with E-state index in [-0.39, 0.29) is 17.0 Å². The Morgan fingerprint density at radius 2 is 1.89 bits per heavy atom. The third-order valence-corrected chi connectivity index (χ3v) is 6.12. The molecule has 1 aromatic carbocycles. The van der Waals surface area contributed by atoms with Gasteiger partial charge in [-0.1, -0.05) is 13.8 Å². The molecule has 0 saturated carbocycles. The molecule has 8 heteroatoms. The maximum Gasteiger partial charge on any atom is 0.341 e. The second-order valence-corrected chi connectivity index (χ2v) is 9.55. The molecule has 2 aromatic rings. The SMILES string of the molecule is Cc1cc2c(o1)CC(C)(C)CC2NC(=O)c1ccc(S(=O)(=O)C(F)F)cc1. The number of halogens is 2. The molecule has 1 N–H and O–H groups in total. The molecule has 0 fully saturated rings. The van der Waals surface area contributed by atoms with Crippen molar-refractivity contribution in [2.75, 3.05) is 0 Å². The van der Waals surface area contributed by atoms with Gasteiger partial charge in [0.2, 0.25) is 9.84 Å². The van der Waals surface area contributed by atoms with E-state index in [1.54, 1.807) is 0 Å². The van der Waals surface area contributed by atoms with Crippen LogP contribution in [0.15, 0.2) is 39.6 Å². The monoisotopic (exact) mass is 397 g/mol. The van der Waals surface area contributed by atoms with E-state index in [1.807, 2.05) is 13.0 Å². The smallest absolute Gasteiger partial charge is 0.341 e. The second-order valence-electron chi connectivity index (χ2n) is 7.64. The van der Waals surface area contributed by atoms with Crippen LogP contribution in [0.4, 0.5) is 8.78 Å². The molecule has 0 bridgehead atoms. The summed E-state index contributed by atoms with van der Waals surface area (Å²) in [5.74, 6) is -2.26. The minimum atomic E-state index is -4.68. The number of hydrogen-bond donors (Lipinski definition) is 1. The van der Waals surface area contributed by atoms with Gasteiger partial charge in [-0.15, -0.1) is 0 Å². The van der Waals surface area contributed by atoms with Crippen LogP contribution in [0, 0.1) is 12.3 Å². The maximum absolute atomic E-state index is 12.6. The molecule has 1 aliphatic rings. The van der Waals surface area contributed by atoms with E-state index < -0.39 is 26.4 Å². The van der Waals surface area contributed by atoms with Crippen LogP contribution in [0.3, 0.4) is 0 Å². The molecule has 27 heavy (non-hydrogen) atoms. The number of amides is 1. The molecule has 0 saturated heterocycles. The van der Waals surface area contributed by atoms with Crippen molar-refractivity contribution in [1.82, 2.24) is 5.32 Å². The molecule has 5 nitrogen and oxygen atoms in total. The van der Waals surface area contributed by atoms with Gasteiger partial charge in [0.1, 0.15) is 11.5 Å². The Kier molecular flexibility index (Phi) is 4.88. The molecule has 1 atom stereocenters. The lowest BCUT2D eigenvalue weighted by Crippen LogP contribution is -2.36. The van der Waals surface area contributed by atoms with Gasteiger partial charge >= 0.3 is 5.76 Å². The maximum atomic E-state index is 12.6. The quantitative estimate of drug-likeness (QED) is 0.845. The minimum absolute atomic E-state index is 0.0512. The normalized spacial score (nSPS) is 19.0. The number of nitrogens with one attached hydrogen (secondary N) is 1. The predicted molar refractivity (Wildman–Crippen MR) is 95.4 cm³/mol. The lowest BCUT2D eigenvalue weighted by Gasteiger charge is -2.34. The van der Waals surface area contributed by atoms with Gasteiger partial charge in [0.15, 0.2) is 0 Å². The van der Waals surface area contributed by atoms with Crippen LogP contribution in [-0.2, 0) is 16.3 Å². The fraction of sp³-hybridized carbons (Fsp3) is 0.421. The van der Waals surface area contributed by atoms with Crippen molar-refractivity contribution in [3.05, 3.63) is 53.0 Å². The first kappa shape index (κ1) is 19.5. The topological polar surface area (TPSA) is 76.4 Å². The van der Waals surface area contributed by atoms with Gasteiger partial charge in [-0.2, -0.15) is 8.78 Å². The second kappa shape index (κ2) is 6.74. The molecule has 0 aliphatic heterocycles. The number of carbonyl (C=O) groups is 1. The van der Waals surface area contributed by atoms with Gasteiger partial charge in [0.05, 0.1) is 10.9 Å². The third kappa shape index (κ3) is 3.90. The zero-order chi connectivity index (χ0) is 20.0. The number of furan rings is 1. The molecule has 1 amide bonds. The van der Waals surface area contributed by atoms with Gasteiger partial charge in [0, 0.05) is 17.5 Å². The van der Waals surface area contributed by atoms with Crippen molar-refractivity contribution in [3.8, 4) is 0 Å². The summed E-state index contributed by atoms with van der Waals surface area (Å²) in [6.07, 6.45) is 1.51. The lowest BCUT2D eigenvalue weighted by molar-refractivity contribution is 0.0917. The van der Waals surface area contributed by atoms with Crippen molar-refractivity contribution in [2.45, 2.75) is 50.3 Å². The van der Waals surface area contributed by atoms with Crippen LogP contribution in [0.1, 0.15) is 53.8 Å². The van der Waals surface area contributed by atoms with Crippen LogP contribution < -0.4 is 5.32 Å². The van der Waals surface area contributed by atoms with E-state index in [1.165, 1.54) is 12.1 Å². The van der Waals surface area contributed by atoms with Gasteiger partial charge in [0.25, 0.3) is 5.91 Å². The van der Waals surface area contributed by atoms with Gasteiger partial charge in [-0.05, 0) is 49.1 Å². The fourth-order valence-electron chi connectivity index (χ4n) is 3.45.